The molecule has 0 saturated carbocycles. The molecule has 0 rings (SSSR count). The van der Waals surface area contributed by atoms with Gasteiger partial charge in [0.2, 0.25) is 5.91 Å². The molecule has 0 aliphatic carbocycles. The van der Waals surface area contributed by atoms with Crippen molar-refractivity contribution in [3.8, 4) is 0 Å². The summed E-state index contributed by atoms with van der Waals surface area (Å²) < 4.78 is 0. The smallest absolute Gasteiger partial charge is 0.219 e. The van der Waals surface area contributed by atoms with Crippen LogP contribution in [0.2, 0.25) is 0 Å². The Bertz CT molecular complexity index is 121. The zero-order chi connectivity index (χ0) is 8.69. The molecule has 0 aromatic heterocycles. The molecule has 0 bridgehead atoms. The highest BCUT2D eigenvalue weighted by molar-refractivity contribution is 5.75. The fourth-order valence-electron chi connectivity index (χ4n) is 0.688. The fraction of sp³-hybridized carbons (Fsp3) is 0.875. The van der Waals surface area contributed by atoms with Crippen molar-refractivity contribution in [1.82, 2.24) is 10.6 Å². The van der Waals surface area contributed by atoms with Crippen molar-refractivity contribution in [2.45, 2.75) is 33.2 Å². The quantitative estimate of drug-likeness (QED) is 0.592. The minimum absolute atomic E-state index is 0. The van der Waals surface area contributed by atoms with Crippen molar-refractivity contribution >= 4 is 5.91 Å². The third kappa shape index (κ3) is 7.33. The third-order valence-electron chi connectivity index (χ3n) is 1.32. The van der Waals surface area contributed by atoms with E-state index in [-0.39, 0.29) is 8.76 Å². The minimum atomic E-state index is 0. The van der Waals surface area contributed by atoms with Crippen molar-refractivity contribution in [1.29, 1.82) is 0 Å². The Hall–Kier alpha value is -0.570. The van der Waals surface area contributed by atoms with E-state index in [2.05, 4.69) is 24.5 Å². The van der Waals surface area contributed by atoms with Crippen LogP contribution in [0.1, 0.15) is 30.0 Å². The molecule has 3 nitrogen and oxygen atoms in total. The van der Waals surface area contributed by atoms with Gasteiger partial charge in [-0.3, -0.25) is 4.79 Å². The molecule has 0 aliphatic rings. The average molecular weight is 162 g/mol. The standard InChI is InChI=1S/C8H18N2O.2H2/c1-4-8(11)10-6-5-9-7(2)3;;/h7,9H,4-6H2,1-3H3,(H,10,11);2*1H. The number of carbonyl (C=O) groups is 1. The molecular weight excluding hydrogens is 140 g/mol. The van der Waals surface area contributed by atoms with Gasteiger partial charge in [-0.15, -0.1) is 0 Å². The first kappa shape index (κ1) is 10.4. The average Bonchev–Trinajstić information content (AvgIpc) is 1.97. The maximum Gasteiger partial charge on any atom is 0.219 e. The molecule has 0 unspecified atom stereocenters. The molecule has 0 heterocycles. The van der Waals surface area contributed by atoms with Crippen molar-refractivity contribution in [2.24, 2.45) is 0 Å². The Morgan fingerprint density at radius 2 is 2.09 bits per heavy atom. The summed E-state index contributed by atoms with van der Waals surface area (Å²) in [5, 5.41) is 6.00. The number of amides is 1. The molecule has 0 fully saturated rings. The Labute approximate surface area is 71.5 Å². The van der Waals surface area contributed by atoms with Crippen molar-refractivity contribution in [2.75, 3.05) is 13.1 Å². The van der Waals surface area contributed by atoms with Crippen LogP contribution in [0.25, 0.3) is 0 Å². The van der Waals surface area contributed by atoms with Crippen LogP contribution in [0.4, 0.5) is 0 Å². The highest BCUT2D eigenvalue weighted by Crippen LogP contribution is 1.75. The zero-order valence-electron chi connectivity index (χ0n) is 7.61. The topological polar surface area (TPSA) is 41.1 Å². The van der Waals surface area contributed by atoms with Gasteiger partial charge in [0.15, 0.2) is 0 Å². The van der Waals surface area contributed by atoms with Gasteiger partial charge in [-0.25, -0.2) is 0 Å². The van der Waals surface area contributed by atoms with Gasteiger partial charge in [-0.2, -0.15) is 0 Å². The van der Waals surface area contributed by atoms with Crippen molar-refractivity contribution < 1.29 is 7.65 Å². The van der Waals surface area contributed by atoms with Gasteiger partial charge >= 0.3 is 0 Å². The Morgan fingerprint density at radius 1 is 1.45 bits per heavy atom. The molecular formula is C8H22N2O. The van der Waals surface area contributed by atoms with Crippen LogP contribution in [-0.4, -0.2) is 25.0 Å². The number of hydrogen-bond donors (Lipinski definition) is 2. The first-order chi connectivity index (χ1) is 5.16. The lowest BCUT2D eigenvalue weighted by Gasteiger charge is -2.07. The van der Waals surface area contributed by atoms with Gasteiger partial charge in [0.1, 0.15) is 0 Å². The van der Waals surface area contributed by atoms with E-state index in [0.717, 1.165) is 13.1 Å². The Morgan fingerprint density at radius 3 is 2.55 bits per heavy atom. The van der Waals surface area contributed by atoms with Crippen LogP contribution in [0.15, 0.2) is 0 Å². The first-order valence-corrected chi connectivity index (χ1v) is 4.17. The number of carbonyl (C=O) groups excluding carboxylic acids is 1. The van der Waals surface area contributed by atoms with E-state index in [0.29, 0.717) is 12.5 Å². The van der Waals surface area contributed by atoms with E-state index in [1.165, 1.54) is 0 Å². The summed E-state index contributed by atoms with van der Waals surface area (Å²) in [6.07, 6.45) is 0.571. The third-order valence-corrected chi connectivity index (χ3v) is 1.32. The molecule has 0 aliphatic heterocycles. The maximum atomic E-state index is 10.7. The van der Waals surface area contributed by atoms with Gasteiger partial charge in [0, 0.05) is 28.4 Å². The van der Waals surface area contributed by atoms with Crippen molar-refractivity contribution in [3.63, 3.8) is 0 Å². The summed E-state index contributed by atoms with van der Waals surface area (Å²) in [7, 11) is 0. The number of hydrogen-bond acceptors (Lipinski definition) is 2. The molecule has 1 amide bonds. The highest BCUT2D eigenvalue weighted by Gasteiger charge is 1.95. The van der Waals surface area contributed by atoms with E-state index in [1.54, 1.807) is 0 Å². The lowest BCUT2D eigenvalue weighted by Crippen LogP contribution is -2.34. The summed E-state index contributed by atoms with van der Waals surface area (Å²) >= 11 is 0. The molecule has 0 aromatic rings. The van der Waals surface area contributed by atoms with E-state index in [4.69, 9.17) is 0 Å². The van der Waals surface area contributed by atoms with E-state index < -0.39 is 0 Å². The fourth-order valence-corrected chi connectivity index (χ4v) is 0.688. The van der Waals surface area contributed by atoms with E-state index >= 15 is 0 Å². The SMILES string of the molecule is CCC(=O)NCCNC(C)C.[HH].[HH]. The summed E-state index contributed by atoms with van der Waals surface area (Å²) in [5.41, 5.74) is 0. The maximum absolute atomic E-state index is 10.7. The van der Waals surface area contributed by atoms with Gasteiger partial charge in [0.05, 0.1) is 0 Å². The van der Waals surface area contributed by atoms with Gasteiger partial charge < -0.3 is 10.6 Å². The van der Waals surface area contributed by atoms with E-state index in [9.17, 15) is 4.79 Å². The molecule has 2 N–H and O–H groups in total. The molecule has 0 spiro atoms. The van der Waals surface area contributed by atoms with Crippen LogP contribution in [-0.2, 0) is 4.79 Å². The van der Waals surface area contributed by atoms with Crippen LogP contribution < -0.4 is 10.6 Å². The largest absolute Gasteiger partial charge is 0.355 e. The Kier molecular flexibility index (Phi) is 5.84. The van der Waals surface area contributed by atoms with Gasteiger partial charge in [-0.1, -0.05) is 20.8 Å². The van der Waals surface area contributed by atoms with Crippen LogP contribution in [0.5, 0.6) is 0 Å². The lowest BCUT2D eigenvalue weighted by atomic mass is 10.4. The molecule has 70 valence electrons. The second-order valence-electron chi connectivity index (χ2n) is 2.81. The number of nitrogens with one attached hydrogen (secondary N) is 2. The van der Waals surface area contributed by atoms with E-state index in [1.807, 2.05) is 6.92 Å². The minimum Gasteiger partial charge on any atom is -0.355 e. The Balaban J connectivity index is -0.000000500. The van der Waals surface area contributed by atoms with Crippen LogP contribution in [0.3, 0.4) is 0 Å². The van der Waals surface area contributed by atoms with Gasteiger partial charge in [0.25, 0.3) is 0 Å². The molecule has 11 heavy (non-hydrogen) atoms. The van der Waals surface area contributed by atoms with Crippen LogP contribution in [0, 0.1) is 0 Å². The summed E-state index contributed by atoms with van der Waals surface area (Å²) in [4.78, 5) is 10.7. The lowest BCUT2D eigenvalue weighted by molar-refractivity contribution is -0.120. The first-order valence-electron chi connectivity index (χ1n) is 4.17. The number of rotatable bonds is 5. The van der Waals surface area contributed by atoms with Crippen LogP contribution >= 0.6 is 0 Å². The molecule has 0 radical (unpaired) electrons. The predicted molar refractivity (Wildman–Crippen MR) is 50.7 cm³/mol. The normalized spacial score (nSPS) is 10.2. The van der Waals surface area contributed by atoms with Crippen molar-refractivity contribution in [3.05, 3.63) is 0 Å². The van der Waals surface area contributed by atoms with Gasteiger partial charge in [-0.05, 0) is 0 Å². The predicted octanol–water partition coefficient (Wildman–Crippen LogP) is 1.00. The summed E-state index contributed by atoms with van der Waals surface area (Å²) in [6, 6.07) is 0.494. The zero-order valence-corrected chi connectivity index (χ0v) is 7.61. The molecule has 0 atom stereocenters. The summed E-state index contributed by atoms with van der Waals surface area (Å²) in [6.45, 7) is 7.60. The molecule has 0 aromatic carbocycles. The monoisotopic (exact) mass is 162 g/mol. The molecule has 0 saturated heterocycles. The second-order valence-corrected chi connectivity index (χ2v) is 2.81. The second kappa shape index (κ2) is 6.16. The summed E-state index contributed by atoms with van der Waals surface area (Å²) in [5.74, 6) is 0.121. The molecule has 3 heteroatoms. The highest BCUT2D eigenvalue weighted by atomic mass is 16.1.